The SMILES string of the molecule is COc1ccccc1CC(=O)C1NCC2(CO)C3CCC(c4ccccc4)(c4ccccc43)C12. The van der Waals surface area contributed by atoms with Crippen molar-refractivity contribution in [3.05, 3.63) is 101 Å². The van der Waals surface area contributed by atoms with E-state index in [0.29, 0.717) is 13.0 Å². The number of carbonyl (C=O) groups excluding carboxylic acids is 1. The van der Waals surface area contributed by atoms with Crippen molar-refractivity contribution in [3.63, 3.8) is 0 Å². The zero-order valence-electron chi connectivity index (χ0n) is 19.5. The van der Waals surface area contributed by atoms with E-state index in [0.717, 1.165) is 24.2 Å². The molecule has 1 saturated heterocycles. The van der Waals surface area contributed by atoms with Crippen molar-refractivity contribution >= 4 is 5.78 Å². The molecule has 0 spiro atoms. The van der Waals surface area contributed by atoms with Crippen LogP contribution in [-0.2, 0) is 16.6 Å². The van der Waals surface area contributed by atoms with Gasteiger partial charge in [0.05, 0.1) is 19.8 Å². The van der Waals surface area contributed by atoms with Gasteiger partial charge in [0.15, 0.2) is 5.78 Å². The van der Waals surface area contributed by atoms with Gasteiger partial charge >= 0.3 is 0 Å². The number of Topliss-reactive ketones (excluding diaryl/α,β-unsaturated/α-hetero) is 1. The smallest absolute Gasteiger partial charge is 0.154 e. The first kappa shape index (κ1) is 21.6. The predicted molar refractivity (Wildman–Crippen MR) is 132 cm³/mol. The van der Waals surface area contributed by atoms with Crippen LogP contribution >= 0.6 is 0 Å². The number of benzene rings is 3. The Hall–Kier alpha value is -2.95. The van der Waals surface area contributed by atoms with Crippen LogP contribution in [-0.4, -0.2) is 37.2 Å². The maximum absolute atomic E-state index is 14.0. The van der Waals surface area contributed by atoms with E-state index in [2.05, 4.69) is 59.9 Å². The van der Waals surface area contributed by atoms with Gasteiger partial charge in [0, 0.05) is 35.3 Å². The van der Waals surface area contributed by atoms with Gasteiger partial charge in [-0.1, -0.05) is 72.8 Å². The summed E-state index contributed by atoms with van der Waals surface area (Å²) >= 11 is 0. The van der Waals surface area contributed by atoms with Crippen LogP contribution in [0.2, 0.25) is 0 Å². The van der Waals surface area contributed by atoms with Gasteiger partial charge in [0.25, 0.3) is 0 Å². The van der Waals surface area contributed by atoms with Gasteiger partial charge in [0.1, 0.15) is 5.75 Å². The lowest BCUT2D eigenvalue weighted by molar-refractivity contribution is -0.124. The molecule has 2 bridgehead atoms. The van der Waals surface area contributed by atoms with E-state index in [1.807, 2.05) is 24.3 Å². The fourth-order valence-electron chi connectivity index (χ4n) is 7.69. The summed E-state index contributed by atoms with van der Waals surface area (Å²) in [7, 11) is 1.65. The number of ether oxygens (including phenoxy) is 1. The van der Waals surface area contributed by atoms with Crippen molar-refractivity contribution in [2.75, 3.05) is 20.3 Å². The molecule has 1 heterocycles. The van der Waals surface area contributed by atoms with Gasteiger partial charge < -0.3 is 15.2 Å². The molecule has 0 aromatic heterocycles. The number of hydrogen-bond acceptors (Lipinski definition) is 4. The fraction of sp³-hybridized carbons (Fsp3) is 0.367. The van der Waals surface area contributed by atoms with E-state index in [-0.39, 0.29) is 41.1 Å². The molecule has 4 heteroatoms. The minimum absolute atomic E-state index is 0.0109. The molecule has 0 radical (unpaired) electrons. The van der Waals surface area contributed by atoms with E-state index in [4.69, 9.17) is 4.74 Å². The Labute approximate surface area is 201 Å². The molecular formula is C30H31NO3. The highest BCUT2D eigenvalue weighted by atomic mass is 16.5. The minimum Gasteiger partial charge on any atom is -0.496 e. The average molecular weight is 454 g/mol. The van der Waals surface area contributed by atoms with Gasteiger partial charge in [-0.3, -0.25) is 4.79 Å². The predicted octanol–water partition coefficient (Wildman–Crippen LogP) is 4.25. The number of aliphatic hydroxyl groups is 1. The van der Waals surface area contributed by atoms with Crippen molar-refractivity contribution in [3.8, 4) is 5.75 Å². The van der Waals surface area contributed by atoms with Crippen molar-refractivity contribution in [2.45, 2.75) is 36.6 Å². The zero-order chi connectivity index (χ0) is 23.3. The molecule has 4 aliphatic rings. The number of hydrogen-bond donors (Lipinski definition) is 2. The minimum atomic E-state index is -0.358. The topological polar surface area (TPSA) is 58.6 Å². The summed E-state index contributed by atoms with van der Waals surface area (Å²) in [5.41, 5.74) is 4.19. The molecule has 1 aliphatic heterocycles. The molecule has 2 fully saturated rings. The summed E-state index contributed by atoms with van der Waals surface area (Å²) in [6.45, 7) is 0.737. The molecule has 5 atom stereocenters. The molecule has 1 saturated carbocycles. The van der Waals surface area contributed by atoms with Crippen LogP contribution < -0.4 is 10.1 Å². The van der Waals surface area contributed by atoms with Crippen molar-refractivity contribution < 1.29 is 14.6 Å². The number of para-hydroxylation sites is 1. The molecule has 5 unspecified atom stereocenters. The lowest BCUT2D eigenvalue weighted by atomic mass is 9.41. The zero-order valence-corrected chi connectivity index (χ0v) is 19.5. The van der Waals surface area contributed by atoms with Crippen LogP contribution in [0, 0.1) is 11.3 Å². The van der Waals surface area contributed by atoms with E-state index in [1.54, 1.807) is 7.11 Å². The standard InChI is InChI=1S/C30H31NO3/c1-34-26-14-8-5-9-20(26)17-25(33)27-28-29(19-32,18-31-27)23-15-16-30(28,21-10-3-2-4-11-21)24-13-7-6-12-22(23)24/h2-14,23,27-28,31-32H,15-19H2,1H3. The fourth-order valence-corrected chi connectivity index (χ4v) is 7.69. The number of ketones is 1. The van der Waals surface area contributed by atoms with Crippen molar-refractivity contribution in [1.29, 1.82) is 0 Å². The highest BCUT2D eigenvalue weighted by Crippen LogP contribution is 2.68. The van der Waals surface area contributed by atoms with E-state index >= 15 is 0 Å². The highest BCUT2D eigenvalue weighted by Gasteiger charge is 2.68. The summed E-state index contributed by atoms with van der Waals surface area (Å²) in [6.07, 6.45) is 2.33. The van der Waals surface area contributed by atoms with Crippen LogP contribution in [0.3, 0.4) is 0 Å². The summed E-state index contributed by atoms with van der Waals surface area (Å²) < 4.78 is 5.53. The molecule has 2 N–H and O–H groups in total. The number of aliphatic hydroxyl groups excluding tert-OH is 1. The Morgan fingerprint density at radius 1 is 1.03 bits per heavy atom. The van der Waals surface area contributed by atoms with Crippen LogP contribution in [0.5, 0.6) is 5.75 Å². The number of rotatable bonds is 6. The summed E-state index contributed by atoms with van der Waals surface area (Å²) in [5, 5.41) is 14.6. The van der Waals surface area contributed by atoms with Crippen molar-refractivity contribution in [2.24, 2.45) is 11.3 Å². The van der Waals surface area contributed by atoms with Gasteiger partial charge in [-0.2, -0.15) is 0 Å². The first-order valence-electron chi connectivity index (χ1n) is 12.3. The maximum Gasteiger partial charge on any atom is 0.154 e. The molecule has 4 nitrogen and oxygen atoms in total. The molecule has 0 amide bonds. The molecule has 34 heavy (non-hydrogen) atoms. The largest absolute Gasteiger partial charge is 0.496 e. The Balaban J connectivity index is 1.51. The highest BCUT2D eigenvalue weighted by molar-refractivity contribution is 5.88. The third-order valence-electron chi connectivity index (χ3n) is 8.96. The Bertz CT molecular complexity index is 1220. The van der Waals surface area contributed by atoms with E-state index in [9.17, 15) is 9.90 Å². The second-order valence-electron chi connectivity index (χ2n) is 10.2. The monoisotopic (exact) mass is 453 g/mol. The first-order valence-corrected chi connectivity index (χ1v) is 12.3. The van der Waals surface area contributed by atoms with Gasteiger partial charge in [-0.15, -0.1) is 0 Å². The van der Waals surface area contributed by atoms with Crippen LogP contribution in [0.1, 0.15) is 41.0 Å². The lowest BCUT2D eigenvalue weighted by Crippen LogP contribution is -2.61. The average Bonchev–Trinajstić information content (AvgIpc) is 3.33. The van der Waals surface area contributed by atoms with E-state index in [1.165, 1.54) is 16.7 Å². The van der Waals surface area contributed by atoms with Gasteiger partial charge in [0.2, 0.25) is 0 Å². The molecule has 3 aromatic carbocycles. The summed E-state index contributed by atoms with van der Waals surface area (Å²) in [5.74, 6) is 1.16. The van der Waals surface area contributed by atoms with Crippen LogP contribution in [0.25, 0.3) is 0 Å². The lowest BCUT2D eigenvalue weighted by Gasteiger charge is -2.61. The number of fused-ring (bicyclic) bond motifs is 1. The van der Waals surface area contributed by atoms with Crippen molar-refractivity contribution in [1.82, 2.24) is 5.32 Å². The molecule has 3 aromatic rings. The van der Waals surface area contributed by atoms with Gasteiger partial charge in [-0.05, 0) is 41.5 Å². The number of carbonyl (C=O) groups is 1. The first-order chi connectivity index (χ1) is 16.7. The Morgan fingerprint density at radius 3 is 2.56 bits per heavy atom. The summed E-state index contributed by atoms with van der Waals surface area (Å²) in [4.78, 5) is 14.0. The second kappa shape index (κ2) is 8.07. The maximum atomic E-state index is 14.0. The molecule has 174 valence electrons. The Kier molecular flexibility index (Phi) is 5.12. The number of nitrogens with one attached hydrogen (secondary N) is 1. The normalized spacial score (nSPS) is 31.1. The summed E-state index contributed by atoms with van der Waals surface area (Å²) in [6, 6.07) is 26.9. The van der Waals surface area contributed by atoms with E-state index < -0.39 is 0 Å². The molecular weight excluding hydrogens is 422 g/mol. The molecule has 7 rings (SSSR count). The third-order valence-corrected chi connectivity index (χ3v) is 8.96. The van der Waals surface area contributed by atoms with Crippen LogP contribution in [0.15, 0.2) is 78.9 Å². The van der Waals surface area contributed by atoms with Crippen LogP contribution in [0.4, 0.5) is 0 Å². The van der Waals surface area contributed by atoms with Gasteiger partial charge in [-0.25, -0.2) is 0 Å². The third kappa shape index (κ3) is 2.82. The second-order valence-corrected chi connectivity index (χ2v) is 10.2. The molecule has 3 aliphatic carbocycles. The quantitative estimate of drug-likeness (QED) is 0.586. The number of methoxy groups -OCH3 is 1. The Morgan fingerprint density at radius 2 is 1.76 bits per heavy atom.